The first kappa shape index (κ1) is 34.3. The Morgan fingerprint density at radius 3 is 2.07 bits per heavy atom. The van der Waals surface area contributed by atoms with Crippen molar-refractivity contribution in [1.82, 2.24) is 21.3 Å². The molecule has 0 bridgehead atoms. The lowest BCUT2D eigenvalue weighted by atomic mass is 10.1. The quantitative estimate of drug-likeness (QED) is 0.145. The molecule has 14 nitrogen and oxygen atoms in total. The standard InChI is InChI=1S/C28H32N4O10S/c1-18(30-27(39)22(15-25(36)37)32-28(40)42-17-19-8-4-2-5-9-19)26(38)29-16-23(33)31-20(14-24(34)35)12-13-43(41)21-10-6-3-7-11-21/h2-13,18,20,22H,14-17H2,1H3,(H,29,38)(H,30,39)(H,31,33)(H,32,40)(H,34,35)(H,36,37)/b13-12+/t18?,20?,22-,43?/m0/s1. The summed E-state index contributed by atoms with van der Waals surface area (Å²) in [4.78, 5) is 72.5. The predicted molar refractivity (Wildman–Crippen MR) is 153 cm³/mol. The maximum atomic E-state index is 12.6. The van der Waals surface area contributed by atoms with E-state index in [0.29, 0.717) is 10.5 Å². The molecule has 0 radical (unpaired) electrons. The number of benzene rings is 2. The molecule has 0 aliphatic carbocycles. The van der Waals surface area contributed by atoms with Crippen molar-refractivity contribution in [2.75, 3.05) is 6.54 Å². The Labute approximate surface area is 250 Å². The van der Waals surface area contributed by atoms with Gasteiger partial charge < -0.3 is 40.8 Å². The second-order valence-corrected chi connectivity index (χ2v) is 10.4. The van der Waals surface area contributed by atoms with E-state index in [-0.39, 0.29) is 6.61 Å². The third-order valence-electron chi connectivity index (χ3n) is 5.53. The fraction of sp³-hybridized carbons (Fsp3) is 0.286. The van der Waals surface area contributed by atoms with Crippen molar-refractivity contribution in [3.05, 3.63) is 77.7 Å². The van der Waals surface area contributed by atoms with Crippen molar-refractivity contribution in [2.45, 2.75) is 49.4 Å². The normalized spacial score (nSPS) is 13.5. The van der Waals surface area contributed by atoms with Gasteiger partial charge in [-0.1, -0.05) is 48.5 Å². The third-order valence-corrected chi connectivity index (χ3v) is 6.67. The van der Waals surface area contributed by atoms with Gasteiger partial charge in [-0.15, -0.1) is 0 Å². The van der Waals surface area contributed by atoms with Gasteiger partial charge in [-0.25, -0.2) is 4.79 Å². The van der Waals surface area contributed by atoms with Crippen LogP contribution >= 0.6 is 0 Å². The van der Waals surface area contributed by atoms with Crippen molar-refractivity contribution in [1.29, 1.82) is 0 Å². The van der Waals surface area contributed by atoms with Gasteiger partial charge >= 0.3 is 18.0 Å². The van der Waals surface area contributed by atoms with E-state index in [2.05, 4.69) is 21.3 Å². The van der Waals surface area contributed by atoms with E-state index in [1.54, 1.807) is 60.7 Å². The van der Waals surface area contributed by atoms with E-state index in [4.69, 9.17) is 14.9 Å². The Balaban J connectivity index is 1.87. The molecule has 6 N–H and O–H groups in total. The molecule has 0 aliphatic rings. The van der Waals surface area contributed by atoms with Crippen LogP contribution in [-0.4, -0.2) is 75.2 Å². The summed E-state index contributed by atoms with van der Waals surface area (Å²) < 4.78 is 17.4. The third kappa shape index (κ3) is 13.5. The van der Waals surface area contributed by atoms with Crippen molar-refractivity contribution in [2.24, 2.45) is 0 Å². The first-order valence-corrected chi connectivity index (χ1v) is 14.1. The van der Waals surface area contributed by atoms with Crippen molar-refractivity contribution in [3.63, 3.8) is 0 Å². The molecule has 0 aromatic heterocycles. The smallest absolute Gasteiger partial charge is 0.408 e. The topological polar surface area (TPSA) is 223 Å². The Hall–Kier alpha value is -4.89. The minimum absolute atomic E-state index is 0.122. The van der Waals surface area contributed by atoms with Crippen molar-refractivity contribution in [3.8, 4) is 0 Å². The van der Waals surface area contributed by atoms with Crippen LogP contribution in [0.15, 0.2) is 77.0 Å². The first-order chi connectivity index (χ1) is 20.4. The lowest BCUT2D eigenvalue weighted by molar-refractivity contribution is -0.140. The molecular weight excluding hydrogens is 584 g/mol. The van der Waals surface area contributed by atoms with Crippen LogP contribution in [0.25, 0.3) is 0 Å². The minimum atomic E-state index is -1.58. The van der Waals surface area contributed by atoms with E-state index in [1.807, 2.05) is 0 Å². The molecule has 0 saturated carbocycles. The number of rotatable bonds is 16. The Bertz CT molecular complexity index is 1290. The predicted octanol–water partition coefficient (Wildman–Crippen LogP) is 0.658. The summed E-state index contributed by atoms with van der Waals surface area (Å²) in [5.74, 6) is -5.19. The lowest BCUT2D eigenvalue weighted by Crippen LogP contribution is -2.54. The van der Waals surface area contributed by atoms with Crippen LogP contribution in [0.1, 0.15) is 25.3 Å². The molecular formula is C28H32N4O10S. The number of hydrogen-bond acceptors (Lipinski definition) is 8. The fourth-order valence-electron chi connectivity index (χ4n) is 3.40. The zero-order chi connectivity index (χ0) is 31.8. The van der Waals surface area contributed by atoms with Crippen LogP contribution in [-0.2, 0) is 46.5 Å². The highest BCUT2D eigenvalue weighted by Gasteiger charge is 2.27. The molecule has 0 fully saturated rings. The van der Waals surface area contributed by atoms with E-state index in [9.17, 15) is 33.3 Å². The van der Waals surface area contributed by atoms with Gasteiger partial charge in [0.05, 0.1) is 25.4 Å². The van der Waals surface area contributed by atoms with Crippen LogP contribution in [0, 0.1) is 0 Å². The van der Waals surface area contributed by atoms with Crippen LogP contribution in [0.5, 0.6) is 0 Å². The molecule has 2 aromatic rings. The van der Waals surface area contributed by atoms with E-state index in [1.165, 1.54) is 18.4 Å². The minimum Gasteiger partial charge on any atom is -0.607 e. The highest BCUT2D eigenvalue weighted by atomic mass is 32.2. The molecule has 4 atom stereocenters. The summed E-state index contributed by atoms with van der Waals surface area (Å²) in [5.41, 5.74) is 0.665. The van der Waals surface area contributed by atoms with Crippen molar-refractivity contribution < 1.29 is 48.3 Å². The number of nitrogens with one attached hydrogen (secondary N) is 4. The van der Waals surface area contributed by atoms with Gasteiger partial charge in [-0.3, -0.25) is 24.0 Å². The van der Waals surface area contributed by atoms with Gasteiger partial charge in [0.25, 0.3) is 0 Å². The maximum absolute atomic E-state index is 12.6. The number of aliphatic carboxylic acids is 2. The highest BCUT2D eigenvalue weighted by Crippen LogP contribution is 2.12. The first-order valence-electron chi connectivity index (χ1n) is 12.9. The van der Waals surface area contributed by atoms with Crippen LogP contribution in [0.4, 0.5) is 4.79 Å². The zero-order valence-corrected chi connectivity index (χ0v) is 23.9. The Kier molecular flexibility index (Phi) is 14.2. The number of hydrogen-bond donors (Lipinski definition) is 6. The lowest BCUT2D eigenvalue weighted by Gasteiger charge is -2.20. The highest BCUT2D eigenvalue weighted by molar-refractivity contribution is 7.94. The molecule has 230 valence electrons. The Morgan fingerprint density at radius 1 is 0.860 bits per heavy atom. The van der Waals surface area contributed by atoms with Gasteiger partial charge in [0.15, 0.2) is 4.90 Å². The molecule has 2 aromatic carbocycles. The van der Waals surface area contributed by atoms with Gasteiger partial charge in [-0.2, -0.15) is 0 Å². The number of ether oxygens (including phenoxy) is 1. The number of amides is 4. The van der Waals surface area contributed by atoms with E-state index >= 15 is 0 Å². The van der Waals surface area contributed by atoms with E-state index in [0.717, 1.165) is 0 Å². The number of carboxylic acids is 2. The summed E-state index contributed by atoms with van der Waals surface area (Å²) in [6, 6.07) is 13.2. The summed E-state index contributed by atoms with van der Waals surface area (Å²) in [6.45, 7) is 0.557. The molecule has 3 unspecified atom stereocenters. The van der Waals surface area contributed by atoms with Crippen LogP contribution in [0.3, 0.4) is 0 Å². The SMILES string of the molecule is CC(NC(=O)[C@H](CC(=O)O)NC(=O)OCc1ccccc1)C(=O)NCC(=O)NC(/C=C/[S+]([O-])c1ccccc1)CC(=O)O. The number of carbonyl (C=O) groups excluding carboxylic acids is 4. The molecule has 0 saturated heterocycles. The van der Waals surface area contributed by atoms with Gasteiger partial charge in [0, 0.05) is 11.2 Å². The monoisotopic (exact) mass is 616 g/mol. The zero-order valence-electron chi connectivity index (χ0n) is 23.1. The van der Waals surface area contributed by atoms with E-state index < -0.39 is 84.4 Å². The number of carbonyl (C=O) groups is 6. The summed E-state index contributed by atoms with van der Waals surface area (Å²) in [6.07, 6.45) is -1.08. The maximum Gasteiger partial charge on any atom is 0.408 e. The largest absolute Gasteiger partial charge is 0.607 e. The summed E-state index contributed by atoms with van der Waals surface area (Å²) in [7, 11) is 0. The molecule has 0 aliphatic heterocycles. The average Bonchev–Trinajstić information content (AvgIpc) is 2.97. The van der Waals surface area contributed by atoms with Gasteiger partial charge in [0.1, 0.15) is 24.1 Å². The molecule has 0 spiro atoms. The number of carboxylic acid groups (broad SMARTS) is 2. The molecule has 43 heavy (non-hydrogen) atoms. The number of alkyl carbamates (subject to hydrolysis) is 1. The van der Waals surface area contributed by atoms with Crippen molar-refractivity contribution >= 4 is 46.9 Å². The Morgan fingerprint density at radius 2 is 1.47 bits per heavy atom. The fourth-order valence-corrected chi connectivity index (χ4v) is 4.32. The van der Waals surface area contributed by atoms with Crippen LogP contribution in [0.2, 0.25) is 0 Å². The van der Waals surface area contributed by atoms with Gasteiger partial charge in [-0.05, 0) is 30.7 Å². The van der Waals surface area contributed by atoms with Gasteiger partial charge in [0.2, 0.25) is 17.7 Å². The second-order valence-electron chi connectivity index (χ2n) is 9.02. The molecule has 2 rings (SSSR count). The molecule has 4 amide bonds. The summed E-state index contributed by atoms with van der Waals surface area (Å²) >= 11 is -1.58. The molecule has 0 heterocycles. The van der Waals surface area contributed by atoms with Crippen LogP contribution < -0.4 is 21.3 Å². The second kappa shape index (κ2) is 17.8. The summed E-state index contributed by atoms with van der Waals surface area (Å²) in [5, 5.41) is 28.6. The average molecular weight is 617 g/mol. The molecule has 15 heteroatoms.